The third-order valence-corrected chi connectivity index (χ3v) is 2.57. The molecule has 0 aromatic carbocycles. The van der Waals surface area contributed by atoms with Crippen molar-refractivity contribution < 1.29 is 0 Å². The zero-order chi connectivity index (χ0) is 8.81. The molecule has 0 bridgehead atoms. The Morgan fingerprint density at radius 3 is 2.75 bits per heavy atom. The smallest absolute Gasteiger partial charge is 0.183 e. The number of rotatable bonds is 1. The summed E-state index contributed by atoms with van der Waals surface area (Å²) in [4.78, 5) is 4.43. The van der Waals surface area contributed by atoms with Gasteiger partial charge in [-0.15, -0.1) is 0 Å². The molecular weight excluding hydrogens is 170 g/mol. The van der Waals surface area contributed by atoms with Crippen LogP contribution in [-0.4, -0.2) is 17.5 Å². The molecule has 1 aliphatic rings. The van der Waals surface area contributed by atoms with Crippen LogP contribution in [0, 0.1) is 11.5 Å². The van der Waals surface area contributed by atoms with Crippen LogP contribution >= 0.6 is 11.8 Å². The van der Waals surface area contributed by atoms with E-state index in [0.29, 0.717) is 6.04 Å². The second kappa shape index (κ2) is 5.04. The van der Waals surface area contributed by atoms with Gasteiger partial charge in [-0.3, -0.25) is 10.3 Å². The fourth-order valence-corrected chi connectivity index (χ4v) is 1.79. The Balaban J connectivity index is 2.45. The highest BCUT2D eigenvalue weighted by atomic mass is 32.2. The summed E-state index contributed by atoms with van der Waals surface area (Å²) in [5.74, 6) is 0. The summed E-state index contributed by atoms with van der Waals surface area (Å²) in [7, 11) is 0. The Labute approximate surface area is 77.2 Å². The SMILES string of the molecule is CSC(=NC1CCCC1)NC#N. The molecule has 12 heavy (non-hydrogen) atoms. The van der Waals surface area contributed by atoms with E-state index in [2.05, 4.69) is 10.3 Å². The van der Waals surface area contributed by atoms with E-state index in [9.17, 15) is 0 Å². The van der Waals surface area contributed by atoms with Crippen LogP contribution in [0.3, 0.4) is 0 Å². The zero-order valence-electron chi connectivity index (χ0n) is 7.21. The summed E-state index contributed by atoms with van der Waals surface area (Å²) >= 11 is 1.50. The molecule has 1 N–H and O–H groups in total. The van der Waals surface area contributed by atoms with E-state index in [1.807, 2.05) is 12.4 Å². The van der Waals surface area contributed by atoms with E-state index >= 15 is 0 Å². The number of nitrogens with one attached hydrogen (secondary N) is 1. The first-order valence-electron chi connectivity index (χ1n) is 4.13. The number of hydrogen-bond donors (Lipinski definition) is 1. The molecule has 0 atom stereocenters. The molecule has 1 saturated carbocycles. The maximum absolute atomic E-state index is 8.39. The van der Waals surface area contributed by atoms with Gasteiger partial charge >= 0.3 is 0 Å². The maximum atomic E-state index is 8.39. The molecule has 0 radical (unpaired) electrons. The lowest BCUT2D eigenvalue weighted by Crippen LogP contribution is -2.16. The van der Waals surface area contributed by atoms with Gasteiger partial charge in [0.15, 0.2) is 11.4 Å². The molecule has 0 aromatic heterocycles. The van der Waals surface area contributed by atoms with Gasteiger partial charge in [0, 0.05) is 0 Å². The van der Waals surface area contributed by atoms with Crippen molar-refractivity contribution in [3.8, 4) is 6.19 Å². The molecule has 0 aromatic rings. The number of thioether (sulfide) groups is 1. The van der Waals surface area contributed by atoms with Gasteiger partial charge in [-0.2, -0.15) is 5.26 Å². The van der Waals surface area contributed by atoms with Gasteiger partial charge in [0.2, 0.25) is 0 Å². The van der Waals surface area contributed by atoms with Crippen molar-refractivity contribution in [2.75, 3.05) is 6.26 Å². The van der Waals surface area contributed by atoms with Crippen LogP contribution in [0.5, 0.6) is 0 Å². The predicted octanol–water partition coefficient (Wildman–Crippen LogP) is 1.72. The minimum absolute atomic E-state index is 0.452. The van der Waals surface area contributed by atoms with Gasteiger partial charge < -0.3 is 0 Å². The third kappa shape index (κ3) is 2.74. The highest BCUT2D eigenvalue weighted by molar-refractivity contribution is 8.13. The minimum atomic E-state index is 0.452. The number of aliphatic imine (C=N–C) groups is 1. The average Bonchev–Trinajstić information content (AvgIpc) is 2.56. The summed E-state index contributed by atoms with van der Waals surface area (Å²) in [6.45, 7) is 0. The van der Waals surface area contributed by atoms with Crippen molar-refractivity contribution in [1.82, 2.24) is 5.32 Å². The van der Waals surface area contributed by atoms with Crippen LogP contribution in [0.2, 0.25) is 0 Å². The first kappa shape index (κ1) is 9.40. The van der Waals surface area contributed by atoms with Gasteiger partial charge in [0.1, 0.15) is 0 Å². The van der Waals surface area contributed by atoms with Crippen LogP contribution in [0.15, 0.2) is 4.99 Å². The van der Waals surface area contributed by atoms with Crippen molar-refractivity contribution >= 4 is 16.9 Å². The van der Waals surface area contributed by atoms with Crippen molar-refractivity contribution in [3.63, 3.8) is 0 Å². The summed E-state index contributed by atoms with van der Waals surface area (Å²) in [5.41, 5.74) is 0. The Bertz CT molecular complexity index is 201. The van der Waals surface area contributed by atoms with Gasteiger partial charge in [0.25, 0.3) is 0 Å². The van der Waals surface area contributed by atoms with E-state index in [1.165, 1.54) is 37.4 Å². The normalized spacial score (nSPS) is 19.2. The van der Waals surface area contributed by atoms with Crippen LogP contribution in [0.25, 0.3) is 0 Å². The van der Waals surface area contributed by atoms with Gasteiger partial charge in [-0.1, -0.05) is 24.6 Å². The number of nitrogens with zero attached hydrogens (tertiary/aromatic N) is 2. The largest absolute Gasteiger partial charge is 0.272 e. The number of hydrogen-bond acceptors (Lipinski definition) is 3. The lowest BCUT2D eigenvalue weighted by Gasteiger charge is -2.04. The molecule has 1 rings (SSSR count). The quantitative estimate of drug-likeness (QED) is 0.291. The van der Waals surface area contributed by atoms with Gasteiger partial charge in [0.05, 0.1) is 6.04 Å². The lowest BCUT2D eigenvalue weighted by molar-refractivity contribution is 0.706. The van der Waals surface area contributed by atoms with E-state index < -0.39 is 0 Å². The second-order valence-electron chi connectivity index (χ2n) is 2.81. The highest BCUT2D eigenvalue weighted by Crippen LogP contribution is 2.21. The summed E-state index contributed by atoms with van der Waals surface area (Å²) in [6, 6.07) is 0.452. The van der Waals surface area contributed by atoms with Crippen LogP contribution in [0.4, 0.5) is 0 Å². The number of nitriles is 1. The summed E-state index contributed by atoms with van der Waals surface area (Å²) < 4.78 is 0. The Morgan fingerprint density at radius 1 is 1.58 bits per heavy atom. The molecule has 66 valence electrons. The highest BCUT2D eigenvalue weighted by Gasteiger charge is 2.14. The molecule has 0 amide bonds. The fourth-order valence-electron chi connectivity index (χ4n) is 1.38. The molecule has 4 heteroatoms. The molecular formula is C8H13N3S. The Morgan fingerprint density at radius 2 is 2.25 bits per heavy atom. The zero-order valence-corrected chi connectivity index (χ0v) is 8.02. The predicted molar refractivity (Wildman–Crippen MR) is 52.0 cm³/mol. The van der Waals surface area contributed by atoms with Gasteiger partial charge in [-0.05, 0) is 19.1 Å². The first-order chi connectivity index (χ1) is 5.86. The molecule has 0 unspecified atom stereocenters. The van der Waals surface area contributed by atoms with Crippen molar-refractivity contribution in [3.05, 3.63) is 0 Å². The molecule has 3 nitrogen and oxygen atoms in total. The van der Waals surface area contributed by atoms with Crippen molar-refractivity contribution in [2.45, 2.75) is 31.7 Å². The fraction of sp³-hybridized carbons (Fsp3) is 0.750. The minimum Gasteiger partial charge on any atom is -0.272 e. The van der Waals surface area contributed by atoms with Crippen LogP contribution in [-0.2, 0) is 0 Å². The average molecular weight is 183 g/mol. The molecule has 0 aliphatic heterocycles. The lowest BCUT2D eigenvalue weighted by atomic mass is 10.3. The van der Waals surface area contributed by atoms with E-state index in [0.717, 1.165) is 5.17 Å². The van der Waals surface area contributed by atoms with E-state index in [4.69, 9.17) is 5.26 Å². The summed E-state index contributed by atoms with van der Waals surface area (Å²) in [5, 5.41) is 11.7. The Kier molecular flexibility index (Phi) is 3.95. The van der Waals surface area contributed by atoms with Crippen molar-refractivity contribution in [1.29, 1.82) is 5.26 Å². The van der Waals surface area contributed by atoms with E-state index in [-0.39, 0.29) is 0 Å². The van der Waals surface area contributed by atoms with Gasteiger partial charge in [-0.25, -0.2) is 0 Å². The van der Waals surface area contributed by atoms with Crippen LogP contribution in [0.1, 0.15) is 25.7 Å². The Hall–Kier alpha value is -0.690. The van der Waals surface area contributed by atoms with Crippen molar-refractivity contribution in [2.24, 2.45) is 4.99 Å². The first-order valence-corrected chi connectivity index (χ1v) is 5.36. The number of amidine groups is 1. The van der Waals surface area contributed by atoms with Crippen LogP contribution < -0.4 is 5.32 Å². The molecule has 0 saturated heterocycles. The topological polar surface area (TPSA) is 48.2 Å². The van der Waals surface area contributed by atoms with E-state index in [1.54, 1.807) is 0 Å². The maximum Gasteiger partial charge on any atom is 0.183 e. The summed E-state index contributed by atoms with van der Waals surface area (Å²) in [6.07, 6.45) is 8.74. The monoisotopic (exact) mass is 183 g/mol. The second-order valence-corrected chi connectivity index (χ2v) is 3.61. The third-order valence-electron chi connectivity index (χ3n) is 1.98. The molecule has 1 aliphatic carbocycles. The standard InChI is InChI=1S/C8H13N3S/c1-12-8(10-6-9)11-7-4-2-3-5-7/h7H,2-5H2,1H3,(H,10,11). The molecule has 0 heterocycles. The molecule has 1 fully saturated rings. The molecule has 0 spiro atoms.